The minimum atomic E-state index is 0.118. The molecule has 124 valence electrons. The van der Waals surface area contributed by atoms with Crippen molar-refractivity contribution >= 4 is 12.0 Å². The molecule has 0 N–H and O–H groups in total. The Kier molecular flexibility index (Phi) is 5.83. The minimum absolute atomic E-state index is 0.118. The van der Waals surface area contributed by atoms with Gasteiger partial charge in [0.05, 0.1) is 6.10 Å². The first-order valence-corrected chi connectivity index (χ1v) is 8.67. The van der Waals surface area contributed by atoms with Gasteiger partial charge in [0.25, 0.3) is 0 Å². The molecule has 0 aromatic heterocycles. The summed E-state index contributed by atoms with van der Waals surface area (Å²) in [5.74, 6) is 0.118. The second kappa shape index (κ2) is 8.27. The molecule has 23 heavy (non-hydrogen) atoms. The molecule has 0 spiro atoms. The summed E-state index contributed by atoms with van der Waals surface area (Å²) < 4.78 is 5.72. The summed E-state index contributed by atoms with van der Waals surface area (Å²) in [7, 11) is 0. The normalized spacial score (nSPS) is 23.3. The summed E-state index contributed by atoms with van der Waals surface area (Å²) in [6.45, 7) is 5.59. The Morgan fingerprint density at radius 1 is 1.13 bits per heavy atom. The highest BCUT2D eigenvalue weighted by atomic mass is 16.5. The van der Waals surface area contributed by atoms with Crippen LogP contribution < -0.4 is 0 Å². The van der Waals surface area contributed by atoms with Gasteiger partial charge in [-0.25, -0.2) is 0 Å². The van der Waals surface area contributed by atoms with Gasteiger partial charge < -0.3 is 9.64 Å². The van der Waals surface area contributed by atoms with E-state index in [9.17, 15) is 4.79 Å². The molecule has 4 heteroatoms. The fraction of sp³-hybridized carbons (Fsp3) is 0.526. The van der Waals surface area contributed by atoms with Gasteiger partial charge in [-0.05, 0) is 37.4 Å². The van der Waals surface area contributed by atoms with Gasteiger partial charge >= 0.3 is 0 Å². The zero-order chi connectivity index (χ0) is 15.9. The smallest absolute Gasteiger partial charge is 0.246 e. The van der Waals surface area contributed by atoms with E-state index in [0.29, 0.717) is 6.10 Å². The molecule has 1 amide bonds. The van der Waals surface area contributed by atoms with E-state index >= 15 is 0 Å². The number of hydrogen-bond acceptors (Lipinski definition) is 3. The zero-order valence-electron chi connectivity index (χ0n) is 13.7. The van der Waals surface area contributed by atoms with E-state index in [1.807, 2.05) is 41.3 Å². The summed E-state index contributed by atoms with van der Waals surface area (Å²) in [5, 5.41) is 0. The third-order valence-corrected chi connectivity index (χ3v) is 4.60. The predicted molar refractivity (Wildman–Crippen MR) is 92.1 cm³/mol. The van der Waals surface area contributed by atoms with Crippen LogP contribution in [0, 0.1) is 0 Å². The van der Waals surface area contributed by atoms with Crippen LogP contribution in [-0.2, 0) is 9.53 Å². The molecule has 0 radical (unpaired) electrons. The van der Waals surface area contributed by atoms with Gasteiger partial charge in [-0.1, -0.05) is 30.3 Å². The number of carbonyl (C=O) groups excluding carboxylic acids is 1. The third-order valence-electron chi connectivity index (χ3n) is 4.60. The molecule has 0 unspecified atom stereocenters. The van der Waals surface area contributed by atoms with Crippen molar-refractivity contribution in [1.29, 1.82) is 0 Å². The molecule has 2 aliphatic rings. The Bertz CT molecular complexity index is 523. The van der Waals surface area contributed by atoms with Crippen molar-refractivity contribution in [2.75, 3.05) is 39.3 Å². The first kappa shape index (κ1) is 16.2. The van der Waals surface area contributed by atoms with Gasteiger partial charge in [0.2, 0.25) is 5.91 Å². The highest BCUT2D eigenvalue weighted by Gasteiger charge is 2.22. The second-order valence-corrected chi connectivity index (χ2v) is 6.36. The van der Waals surface area contributed by atoms with E-state index < -0.39 is 0 Å². The highest BCUT2D eigenvalue weighted by molar-refractivity contribution is 5.91. The van der Waals surface area contributed by atoms with Crippen molar-refractivity contribution < 1.29 is 9.53 Å². The molecule has 0 bridgehead atoms. The summed E-state index contributed by atoms with van der Waals surface area (Å²) >= 11 is 0. The standard InChI is InChI=1S/C19H26N2O2/c22-19(10-9-17-6-2-1-3-7-17)21-12-5-11-20(13-14-21)16-18-8-4-15-23-18/h1-3,6-7,9-10,18H,4-5,8,11-16H2/b10-9+/t18-/m1/s1. The number of rotatable bonds is 4. The molecule has 0 aliphatic carbocycles. The quantitative estimate of drug-likeness (QED) is 0.800. The molecule has 2 aliphatic heterocycles. The van der Waals surface area contributed by atoms with Crippen LogP contribution in [0.25, 0.3) is 6.08 Å². The maximum Gasteiger partial charge on any atom is 0.246 e. The SMILES string of the molecule is O=C(/C=C/c1ccccc1)N1CCCN(C[C@H]2CCCO2)CC1. The molecule has 1 aromatic rings. The average molecular weight is 314 g/mol. The molecule has 4 nitrogen and oxygen atoms in total. The molecule has 1 aromatic carbocycles. The molecule has 2 saturated heterocycles. The molecular formula is C19H26N2O2. The minimum Gasteiger partial charge on any atom is -0.377 e. The van der Waals surface area contributed by atoms with Crippen molar-refractivity contribution in [3.8, 4) is 0 Å². The molecule has 1 atom stereocenters. The Morgan fingerprint density at radius 3 is 2.78 bits per heavy atom. The largest absolute Gasteiger partial charge is 0.377 e. The predicted octanol–water partition coefficient (Wildman–Crippen LogP) is 2.41. The number of benzene rings is 1. The van der Waals surface area contributed by atoms with E-state index in [-0.39, 0.29) is 5.91 Å². The van der Waals surface area contributed by atoms with Gasteiger partial charge in [-0.15, -0.1) is 0 Å². The maximum absolute atomic E-state index is 12.4. The van der Waals surface area contributed by atoms with Crippen molar-refractivity contribution in [1.82, 2.24) is 9.80 Å². The Balaban J connectivity index is 1.49. The number of nitrogens with zero attached hydrogens (tertiary/aromatic N) is 2. The third kappa shape index (κ3) is 4.91. The molecular weight excluding hydrogens is 288 g/mol. The molecule has 3 rings (SSSR count). The second-order valence-electron chi connectivity index (χ2n) is 6.36. The van der Waals surface area contributed by atoms with Gasteiger partial charge in [0.1, 0.15) is 0 Å². The van der Waals surface area contributed by atoms with Crippen LogP contribution in [0.3, 0.4) is 0 Å². The molecule has 2 heterocycles. The summed E-state index contributed by atoms with van der Waals surface area (Å²) in [4.78, 5) is 16.8. The van der Waals surface area contributed by atoms with Crippen molar-refractivity contribution in [2.24, 2.45) is 0 Å². The van der Waals surface area contributed by atoms with Crippen LogP contribution >= 0.6 is 0 Å². The lowest BCUT2D eigenvalue weighted by atomic mass is 10.2. The lowest BCUT2D eigenvalue weighted by Crippen LogP contribution is -2.37. The lowest BCUT2D eigenvalue weighted by Gasteiger charge is -2.23. The fourth-order valence-corrected chi connectivity index (χ4v) is 3.29. The highest BCUT2D eigenvalue weighted by Crippen LogP contribution is 2.15. The first-order chi connectivity index (χ1) is 11.3. The summed E-state index contributed by atoms with van der Waals surface area (Å²) in [5.41, 5.74) is 1.07. The van der Waals surface area contributed by atoms with Crippen molar-refractivity contribution in [2.45, 2.75) is 25.4 Å². The van der Waals surface area contributed by atoms with Crippen LogP contribution in [0.5, 0.6) is 0 Å². The van der Waals surface area contributed by atoms with Crippen LogP contribution in [0.4, 0.5) is 0 Å². The molecule has 0 saturated carbocycles. The Hall–Kier alpha value is -1.65. The van der Waals surface area contributed by atoms with Gasteiger partial charge in [-0.2, -0.15) is 0 Å². The summed E-state index contributed by atoms with van der Waals surface area (Å²) in [6.07, 6.45) is 7.40. The van der Waals surface area contributed by atoms with E-state index in [1.165, 1.54) is 12.8 Å². The van der Waals surface area contributed by atoms with E-state index in [2.05, 4.69) is 4.90 Å². The number of carbonyl (C=O) groups is 1. The van der Waals surface area contributed by atoms with Gasteiger partial charge in [0.15, 0.2) is 0 Å². The van der Waals surface area contributed by atoms with Crippen molar-refractivity contribution in [3.63, 3.8) is 0 Å². The zero-order valence-corrected chi connectivity index (χ0v) is 13.7. The Morgan fingerprint density at radius 2 is 2.00 bits per heavy atom. The van der Waals surface area contributed by atoms with E-state index in [0.717, 1.165) is 51.3 Å². The van der Waals surface area contributed by atoms with Gasteiger partial charge in [-0.3, -0.25) is 9.69 Å². The number of ether oxygens (including phenoxy) is 1. The lowest BCUT2D eigenvalue weighted by molar-refractivity contribution is -0.125. The van der Waals surface area contributed by atoms with E-state index in [1.54, 1.807) is 6.08 Å². The summed E-state index contributed by atoms with van der Waals surface area (Å²) in [6, 6.07) is 9.97. The van der Waals surface area contributed by atoms with Crippen LogP contribution in [-0.4, -0.2) is 61.1 Å². The van der Waals surface area contributed by atoms with E-state index in [4.69, 9.17) is 4.74 Å². The maximum atomic E-state index is 12.4. The Labute approximate surface area is 138 Å². The van der Waals surface area contributed by atoms with Crippen molar-refractivity contribution in [3.05, 3.63) is 42.0 Å². The van der Waals surface area contributed by atoms with Crippen LogP contribution in [0.1, 0.15) is 24.8 Å². The van der Waals surface area contributed by atoms with Crippen LogP contribution in [0.2, 0.25) is 0 Å². The number of hydrogen-bond donors (Lipinski definition) is 0. The average Bonchev–Trinajstić information content (AvgIpc) is 2.98. The first-order valence-electron chi connectivity index (χ1n) is 8.67. The fourth-order valence-electron chi connectivity index (χ4n) is 3.29. The molecule has 2 fully saturated rings. The van der Waals surface area contributed by atoms with Gasteiger partial charge in [0, 0.05) is 38.9 Å². The topological polar surface area (TPSA) is 32.8 Å². The monoisotopic (exact) mass is 314 g/mol. The number of amides is 1. The van der Waals surface area contributed by atoms with Crippen LogP contribution in [0.15, 0.2) is 36.4 Å².